The molecule has 4 aromatic rings. The number of hydrogen-bond donors (Lipinski definition) is 0. The molecule has 3 aromatic heterocycles. The van der Waals surface area contributed by atoms with E-state index in [4.69, 9.17) is 4.42 Å². The maximum absolute atomic E-state index is 13.2. The molecule has 0 aliphatic rings. The molecule has 5 nitrogen and oxygen atoms in total. The van der Waals surface area contributed by atoms with Crippen LogP contribution in [0.2, 0.25) is 0 Å². The van der Waals surface area contributed by atoms with Gasteiger partial charge in [0.15, 0.2) is 10.8 Å². The van der Waals surface area contributed by atoms with Gasteiger partial charge >= 0.3 is 0 Å². The van der Waals surface area contributed by atoms with Crippen LogP contribution < -0.4 is 0 Å². The van der Waals surface area contributed by atoms with Crippen molar-refractivity contribution < 1.29 is 8.81 Å². The van der Waals surface area contributed by atoms with Crippen LogP contribution in [0.15, 0.2) is 47.3 Å². The van der Waals surface area contributed by atoms with Crippen LogP contribution in [-0.2, 0) is 6.42 Å². The molecule has 0 aliphatic carbocycles. The van der Waals surface area contributed by atoms with Gasteiger partial charge in [-0.1, -0.05) is 23.5 Å². The highest BCUT2D eigenvalue weighted by atomic mass is 32.1. The second-order valence-corrected chi connectivity index (χ2v) is 5.49. The first-order chi connectivity index (χ1) is 10.3. The molecule has 0 atom stereocenters. The molecule has 3 heterocycles. The molecular formula is C14H9FN4OS. The van der Waals surface area contributed by atoms with Crippen molar-refractivity contribution in [3.8, 4) is 10.6 Å². The summed E-state index contributed by atoms with van der Waals surface area (Å²) in [6.45, 7) is 0. The Hall–Kier alpha value is -2.54. The summed E-state index contributed by atoms with van der Waals surface area (Å²) in [5.74, 6) is 0.423. The van der Waals surface area contributed by atoms with Gasteiger partial charge in [-0.05, 0) is 23.8 Å². The number of hydrogen-bond acceptors (Lipinski definition) is 5. The van der Waals surface area contributed by atoms with E-state index in [2.05, 4.69) is 15.3 Å². The van der Waals surface area contributed by atoms with E-state index < -0.39 is 0 Å². The topological polar surface area (TPSA) is 56.2 Å². The van der Waals surface area contributed by atoms with Crippen molar-refractivity contribution in [3.05, 3.63) is 60.1 Å². The quantitative estimate of drug-likeness (QED) is 0.583. The van der Waals surface area contributed by atoms with Crippen molar-refractivity contribution in [2.75, 3.05) is 0 Å². The van der Waals surface area contributed by atoms with Crippen molar-refractivity contribution in [3.63, 3.8) is 0 Å². The van der Waals surface area contributed by atoms with Gasteiger partial charge in [0.25, 0.3) is 0 Å². The molecule has 0 saturated heterocycles. The van der Waals surface area contributed by atoms with E-state index in [0.29, 0.717) is 17.2 Å². The lowest BCUT2D eigenvalue weighted by atomic mass is 10.1. The molecule has 0 radical (unpaired) electrons. The van der Waals surface area contributed by atoms with Crippen LogP contribution in [0.5, 0.6) is 0 Å². The van der Waals surface area contributed by atoms with Crippen LogP contribution in [0.25, 0.3) is 15.5 Å². The summed E-state index contributed by atoms with van der Waals surface area (Å²) in [6.07, 6.45) is 3.72. The van der Waals surface area contributed by atoms with Crippen molar-refractivity contribution >= 4 is 16.3 Å². The molecule has 0 bridgehead atoms. The van der Waals surface area contributed by atoms with Crippen molar-refractivity contribution in [2.24, 2.45) is 0 Å². The third-order valence-electron chi connectivity index (χ3n) is 3.07. The van der Waals surface area contributed by atoms with E-state index in [9.17, 15) is 4.39 Å². The van der Waals surface area contributed by atoms with Gasteiger partial charge in [0.2, 0.25) is 4.96 Å². The summed E-state index contributed by atoms with van der Waals surface area (Å²) in [5, 5.41) is 13.5. The first kappa shape index (κ1) is 12.2. The van der Waals surface area contributed by atoms with E-state index in [1.807, 2.05) is 12.1 Å². The molecule has 0 aliphatic heterocycles. The van der Waals surface area contributed by atoms with Crippen LogP contribution in [0.4, 0.5) is 4.39 Å². The minimum atomic E-state index is -0.259. The predicted octanol–water partition coefficient (Wildman–Crippen LogP) is 3.18. The zero-order valence-corrected chi connectivity index (χ0v) is 11.5. The molecule has 1 aromatic carbocycles. The highest BCUT2D eigenvalue weighted by Gasteiger charge is 2.14. The van der Waals surface area contributed by atoms with Crippen molar-refractivity contribution in [1.29, 1.82) is 0 Å². The molecule has 0 amide bonds. The van der Waals surface area contributed by atoms with Gasteiger partial charge in [-0.2, -0.15) is 9.61 Å². The third-order valence-corrected chi connectivity index (χ3v) is 4.02. The molecule has 0 saturated carbocycles. The summed E-state index contributed by atoms with van der Waals surface area (Å²) in [7, 11) is 0. The zero-order valence-electron chi connectivity index (χ0n) is 10.7. The summed E-state index contributed by atoms with van der Waals surface area (Å²) in [5.41, 5.74) is 1.74. The van der Waals surface area contributed by atoms with Gasteiger partial charge in [0.1, 0.15) is 12.1 Å². The molecule has 4 rings (SSSR count). The van der Waals surface area contributed by atoms with Crippen LogP contribution in [-0.4, -0.2) is 19.8 Å². The van der Waals surface area contributed by atoms with Gasteiger partial charge < -0.3 is 4.42 Å². The molecular weight excluding hydrogens is 291 g/mol. The average molecular weight is 300 g/mol. The van der Waals surface area contributed by atoms with E-state index in [0.717, 1.165) is 16.1 Å². The average Bonchev–Trinajstić information content (AvgIpc) is 3.15. The number of nitrogens with zero attached hydrogens (tertiary/aromatic N) is 4. The normalized spacial score (nSPS) is 11.3. The van der Waals surface area contributed by atoms with Crippen LogP contribution in [0.3, 0.4) is 0 Å². The second kappa shape index (κ2) is 4.78. The minimum Gasteiger partial charge on any atom is -0.472 e. The smallest absolute Gasteiger partial charge is 0.234 e. The number of fused-ring (bicyclic) bond motifs is 1. The molecule has 104 valence electrons. The summed E-state index contributed by atoms with van der Waals surface area (Å²) >= 11 is 1.43. The Balaban J connectivity index is 1.72. The highest BCUT2D eigenvalue weighted by Crippen LogP contribution is 2.26. The number of rotatable bonds is 3. The fraction of sp³-hybridized carbons (Fsp3) is 0.0714. The summed E-state index contributed by atoms with van der Waals surface area (Å²) in [4.78, 5) is 0.706. The van der Waals surface area contributed by atoms with Gasteiger partial charge in [-0.25, -0.2) is 4.39 Å². The Morgan fingerprint density at radius 1 is 1.24 bits per heavy atom. The van der Waals surface area contributed by atoms with E-state index in [-0.39, 0.29) is 5.82 Å². The minimum absolute atomic E-state index is 0.259. The van der Waals surface area contributed by atoms with E-state index >= 15 is 0 Å². The maximum Gasteiger partial charge on any atom is 0.234 e. The van der Waals surface area contributed by atoms with E-state index in [1.165, 1.54) is 23.5 Å². The maximum atomic E-state index is 13.2. The molecule has 0 spiro atoms. The monoisotopic (exact) mass is 300 g/mol. The van der Waals surface area contributed by atoms with Crippen molar-refractivity contribution in [1.82, 2.24) is 19.8 Å². The SMILES string of the molecule is Fc1cccc(Cc2nnc3sc(-c4ccoc4)nn23)c1. The number of halogens is 1. The largest absolute Gasteiger partial charge is 0.472 e. The Kier molecular flexibility index (Phi) is 2.78. The Morgan fingerprint density at radius 2 is 2.19 bits per heavy atom. The summed E-state index contributed by atoms with van der Waals surface area (Å²) in [6, 6.07) is 8.29. The predicted molar refractivity (Wildman–Crippen MR) is 75.6 cm³/mol. The van der Waals surface area contributed by atoms with Gasteiger partial charge in [-0.15, -0.1) is 10.2 Å². The molecule has 21 heavy (non-hydrogen) atoms. The standard InChI is InChI=1S/C14H9FN4OS/c15-11-3-1-2-9(6-11)7-12-16-17-14-19(12)18-13(21-14)10-4-5-20-8-10/h1-6,8H,7H2. The van der Waals surface area contributed by atoms with Crippen LogP contribution in [0.1, 0.15) is 11.4 Å². The summed E-state index contributed by atoms with van der Waals surface area (Å²) < 4.78 is 20.0. The van der Waals surface area contributed by atoms with Gasteiger partial charge in [0, 0.05) is 6.42 Å². The lowest BCUT2D eigenvalue weighted by Gasteiger charge is -1.98. The molecule has 0 unspecified atom stereocenters. The fourth-order valence-corrected chi connectivity index (χ4v) is 2.94. The Labute approximate surface area is 122 Å². The highest BCUT2D eigenvalue weighted by molar-refractivity contribution is 7.19. The molecule has 0 fully saturated rings. The first-order valence-corrected chi connectivity index (χ1v) is 7.09. The van der Waals surface area contributed by atoms with E-state index in [1.54, 1.807) is 23.1 Å². The third kappa shape index (κ3) is 2.21. The van der Waals surface area contributed by atoms with Gasteiger partial charge in [-0.3, -0.25) is 0 Å². The van der Waals surface area contributed by atoms with Crippen molar-refractivity contribution in [2.45, 2.75) is 6.42 Å². The van der Waals surface area contributed by atoms with Crippen LogP contribution >= 0.6 is 11.3 Å². The fourth-order valence-electron chi connectivity index (χ4n) is 2.10. The first-order valence-electron chi connectivity index (χ1n) is 6.28. The number of aromatic nitrogens is 4. The zero-order chi connectivity index (χ0) is 14.2. The molecule has 0 N–H and O–H groups in total. The lowest BCUT2D eigenvalue weighted by molar-refractivity contribution is 0.568. The second-order valence-electron chi connectivity index (χ2n) is 4.54. The molecule has 7 heteroatoms. The number of furan rings is 1. The van der Waals surface area contributed by atoms with Crippen LogP contribution in [0, 0.1) is 5.82 Å². The lowest BCUT2D eigenvalue weighted by Crippen LogP contribution is -1.98. The number of benzene rings is 1. The Morgan fingerprint density at radius 3 is 3.00 bits per heavy atom. The van der Waals surface area contributed by atoms with Gasteiger partial charge in [0.05, 0.1) is 11.8 Å². The Bertz CT molecular complexity index is 897.